The molecule has 0 saturated carbocycles. The first kappa shape index (κ1) is 17.9. The Morgan fingerprint density at radius 3 is 2.40 bits per heavy atom. The van der Waals surface area contributed by atoms with Gasteiger partial charge in [0.25, 0.3) is 0 Å². The molecule has 1 aromatic rings. The third kappa shape index (κ3) is 5.00. The van der Waals surface area contributed by atoms with Crippen LogP contribution in [-0.2, 0) is 10.0 Å². The first-order valence-electron chi connectivity index (χ1n) is 6.25. The highest BCUT2D eigenvalue weighted by atomic mass is 79.9. The molecule has 0 bridgehead atoms. The number of nitrogens with zero attached hydrogens (tertiary/aromatic N) is 1. The van der Waals surface area contributed by atoms with Crippen molar-refractivity contribution in [3.63, 3.8) is 0 Å². The molecule has 0 heterocycles. The van der Waals surface area contributed by atoms with Gasteiger partial charge in [-0.05, 0) is 54.1 Å². The van der Waals surface area contributed by atoms with E-state index >= 15 is 0 Å². The van der Waals surface area contributed by atoms with Gasteiger partial charge in [-0.2, -0.15) is 0 Å². The zero-order valence-electron chi connectivity index (χ0n) is 12.0. The maximum absolute atomic E-state index is 12.4. The van der Waals surface area contributed by atoms with Gasteiger partial charge in [-0.15, -0.1) is 0 Å². The summed E-state index contributed by atoms with van der Waals surface area (Å²) in [6, 6.07) is 4.43. The fraction of sp³-hybridized carbons (Fsp3) is 0.538. The largest absolute Gasteiger partial charge is 0.308 e. The molecule has 1 atom stereocenters. The maximum atomic E-state index is 12.4. The molecule has 0 aliphatic carbocycles. The highest BCUT2D eigenvalue weighted by Crippen LogP contribution is 2.25. The van der Waals surface area contributed by atoms with E-state index in [9.17, 15) is 8.42 Å². The van der Waals surface area contributed by atoms with Crippen molar-refractivity contribution in [3.8, 4) is 0 Å². The van der Waals surface area contributed by atoms with Crippen LogP contribution in [0.1, 0.15) is 13.8 Å². The minimum Gasteiger partial charge on any atom is -0.308 e. The number of halogens is 2. The molecule has 1 unspecified atom stereocenters. The second kappa shape index (κ2) is 7.22. The molecule has 1 aromatic carbocycles. The molecule has 0 fully saturated rings. The van der Waals surface area contributed by atoms with Crippen LogP contribution in [-0.4, -0.2) is 40.0 Å². The second-order valence-electron chi connectivity index (χ2n) is 5.31. The summed E-state index contributed by atoms with van der Waals surface area (Å²) >= 11 is 9.13. The van der Waals surface area contributed by atoms with Crippen LogP contribution in [0.15, 0.2) is 27.6 Å². The van der Waals surface area contributed by atoms with E-state index in [2.05, 4.69) is 20.7 Å². The van der Waals surface area contributed by atoms with Crippen molar-refractivity contribution in [1.29, 1.82) is 0 Å². The van der Waals surface area contributed by atoms with Crippen LogP contribution in [0, 0.1) is 5.92 Å². The molecule has 4 nitrogen and oxygen atoms in total. The summed E-state index contributed by atoms with van der Waals surface area (Å²) in [5.74, 6) is 0.197. The summed E-state index contributed by atoms with van der Waals surface area (Å²) in [5, 5.41) is 0.484. The lowest BCUT2D eigenvalue weighted by atomic mass is 10.1. The van der Waals surface area contributed by atoms with E-state index in [4.69, 9.17) is 11.6 Å². The quantitative estimate of drug-likeness (QED) is 0.821. The summed E-state index contributed by atoms with van der Waals surface area (Å²) < 4.78 is 28.1. The molecule has 1 N–H and O–H groups in total. The fourth-order valence-corrected chi connectivity index (χ4v) is 3.74. The molecule has 114 valence electrons. The van der Waals surface area contributed by atoms with E-state index in [0.29, 0.717) is 16.0 Å². The van der Waals surface area contributed by atoms with Gasteiger partial charge in [0, 0.05) is 17.1 Å². The van der Waals surface area contributed by atoms with Gasteiger partial charge >= 0.3 is 0 Å². The molecule has 0 aliphatic heterocycles. The average molecular weight is 384 g/mol. The standard InChI is InChI=1S/C13H20BrClN2O2S/c1-9(2)13(8-17(3)4)16-20(18,19)10-5-6-12(15)11(14)7-10/h5-7,9,13,16H,8H2,1-4H3. The van der Waals surface area contributed by atoms with Gasteiger partial charge < -0.3 is 4.90 Å². The molecule has 0 amide bonds. The van der Waals surface area contributed by atoms with Crippen molar-refractivity contribution in [2.45, 2.75) is 24.8 Å². The number of likely N-dealkylation sites (N-methyl/N-ethyl adjacent to an activating group) is 1. The van der Waals surface area contributed by atoms with E-state index in [1.54, 1.807) is 6.07 Å². The minimum atomic E-state index is -3.55. The molecule has 0 aromatic heterocycles. The Morgan fingerprint density at radius 2 is 1.95 bits per heavy atom. The molecule has 7 heteroatoms. The summed E-state index contributed by atoms with van der Waals surface area (Å²) in [6.07, 6.45) is 0. The van der Waals surface area contributed by atoms with Crippen LogP contribution in [0.4, 0.5) is 0 Å². The Kier molecular flexibility index (Phi) is 6.47. The third-order valence-corrected chi connectivity index (χ3v) is 5.58. The first-order valence-corrected chi connectivity index (χ1v) is 8.91. The summed E-state index contributed by atoms with van der Waals surface area (Å²) in [6.45, 7) is 4.63. The number of sulfonamides is 1. The summed E-state index contributed by atoms with van der Waals surface area (Å²) in [5.41, 5.74) is 0. The number of hydrogen-bond donors (Lipinski definition) is 1. The van der Waals surface area contributed by atoms with Crippen molar-refractivity contribution in [2.24, 2.45) is 5.92 Å². The van der Waals surface area contributed by atoms with Crippen molar-refractivity contribution in [1.82, 2.24) is 9.62 Å². The topological polar surface area (TPSA) is 49.4 Å². The van der Waals surface area contributed by atoms with Crippen LogP contribution >= 0.6 is 27.5 Å². The van der Waals surface area contributed by atoms with Gasteiger partial charge in [0.1, 0.15) is 0 Å². The van der Waals surface area contributed by atoms with Gasteiger partial charge in [0.05, 0.1) is 9.92 Å². The Balaban J connectivity index is 3.00. The van der Waals surface area contributed by atoms with Gasteiger partial charge in [0.2, 0.25) is 10.0 Å². The summed E-state index contributed by atoms with van der Waals surface area (Å²) in [4.78, 5) is 2.17. The second-order valence-corrected chi connectivity index (χ2v) is 8.29. The van der Waals surface area contributed by atoms with E-state index < -0.39 is 10.0 Å². The first-order chi connectivity index (χ1) is 9.13. The Hall–Kier alpha value is -0.140. The molecule has 0 aliphatic rings. The zero-order chi connectivity index (χ0) is 15.5. The third-order valence-electron chi connectivity index (χ3n) is 2.87. The number of rotatable bonds is 6. The van der Waals surface area contributed by atoms with Crippen LogP contribution in [0.5, 0.6) is 0 Å². The van der Waals surface area contributed by atoms with E-state index in [1.165, 1.54) is 12.1 Å². The van der Waals surface area contributed by atoms with E-state index in [0.717, 1.165) is 0 Å². The normalized spacial score (nSPS) is 14.0. The molecule has 1 rings (SSSR count). The molecular formula is C13H20BrClN2O2S. The van der Waals surface area contributed by atoms with Crippen molar-refractivity contribution >= 4 is 37.6 Å². The molecule has 0 saturated heterocycles. The van der Waals surface area contributed by atoms with Crippen LogP contribution in [0.25, 0.3) is 0 Å². The molecule has 0 spiro atoms. The monoisotopic (exact) mass is 382 g/mol. The fourth-order valence-electron chi connectivity index (χ4n) is 1.69. The lowest BCUT2D eigenvalue weighted by molar-refractivity contribution is 0.314. The van der Waals surface area contributed by atoms with Crippen LogP contribution in [0.2, 0.25) is 5.02 Å². The Labute approximate surface area is 134 Å². The van der Waals surface area contributed by atoms with Crippen molar-refractivity contribution in [3.05, 3.63) is 27.7 Å². The highest BCUT2D eigenvalue weighted by molar-refractivity contribution is 9.10. The lowest BCUT2D eigenvalue weighted by Crippen LogP contribution is -2.44. The van der Waals surface area contributed by atoms with E-state index in [1.807, 2.05) is 32.8 Å². The van der Waals surface area contributed by atoms with Gasteiger partial charge in [-0.1, -0.05) is 25.4 Å². The molecule has 20 heavy (non-hydrogen) atoms. The predicted octanol–water partition coefficient (Wildman–Crippen LogP) is 2.97. The maximum Gasteiger partial charge on any atom is 0.240 e. The number of benzene rings is 1. The zero-order valence-corrected chi connectivity index (χ0v) is 15.2. The average Bonchev–Trinajstić information content (AvgIpc) is 2.30. The SMILES string of the molecule is CC(C)C(CN(C)C)NS(=O)(=O)c1ccc(Cl)c(Br)c1. The molecular weight excluding hydrogens is 364 g/mol. The Morgan fingerprint density at radius 1 is 1.35 bits per heavy atom. The van der Waals surface area contributed by atoms with Crippen LogP contribution < -0.4 is 4.72 Å². The van der Waals surface area contributed by atoms with E-state index in [-0.39, 0.29) is 16.9 Å². The molecule has 0 radical (unpaired) electrons. The van der Waals surface area contributed by atoms with Gasteiger partial charge in [-0.3, -0.25) is 0 Å². The number of hydrogen-bond acceptors (Lipinski definition) is 3. The smallest absolute Gasteiger partial charge is 0.240 e. The van der Waals surface area contributed by atoms with Gasteiger partial charge in [-0.25, -0.2) is 13.1 Å². The number of nitrogens with one attached hydrogen (secondary N) is 1. The lowest BCUT2D eigenvalue weighted by Gasteiger charge is -2.25. The van der Waals surface area contributed by atoms with Crippen molar-refractivity contribution < 1.29 is 8.42 Å². The highest BCUT2D eigenvalue weighted by Gasteiger charge is 2.23. The predicted molar refractivity (Wildman–Crippen MR) is 86.7 cm³/mol. The van der Waals surface area contributed by atoms with Crippen molar-refractivity contribution in [2.75, 3.05) is 20.6 Å². The van der Waals surface area contributed by atoms with Crippen LogP contribution in [0.3, 0.4) is 0 Å². The van der Waals surface area contributed by atoms with Gasteiger partial charge in [0.15, 0.2) is 0 Å². The summed E-state index contributed by atoms with van der Waals surface area (Å²) in [7, 11) is 0.284. The Bertz CT molecular complexity index is 561. The minimum absolute atomic E-state index is 0.149.